The van der Waals surface area contributed by atoms with E-state index in [0.717, 1.165) is 9.88 Å². The van der Waals surface area contributed by atoms with E-state index in [1.165, 1.54) is 11.3 Å². The molecular weight excluding hydrogens is 356 g/mol. The molecule has 0 fully saturated rings. The lowest BCUT2D eigenvalue weighted by Gasteiger charge is -2.19. The molecule has 5 nitrogen and oxygen atoms in total. The van der Waals surface area contributed by atoms with Gasteiger partial charge in [-0.05, 0) is 35.7 Å². The molecule has 0 aliphatic heterocycles. The van der Waals surface area contributed by atoms with Crippen LogP contribution in [0.15, 0.2) is 68.5 Å². The average Bonchev–Trinajstić information content (AvgIpc) is 3.41. The smallest absolute Gasteiger partial charge is 0.274 e. The molecule has 4 rings (SSSR count). The maximum atomic E-state index is 13.0. The van der Waals surface area contributed by atoms with Crippen LogP contribution >= 0.6 is 22.7 Å². The highest BCUT2D eigenvalue weighted by atomic mass is 32.1. The van der Waals surface area contributed by atoms with E-state index in [2.05, 4.69) is 4.98 Å². The van der Waals surface area contributed by atoms with Crippen molar-refractivity contribution in [1.29, 1.82) is 0 Å². The third-order valence-corrected chi connectivity index (χ3v) is 5.48. The second-order valence-corrected chi connectivity index (χ2v) is 7.14. The monoisotopic (exact) mass is 370 g/mol. The van der Waals surface area contributed by atoms with E-state index in [1.54, 1.807) is 34.1 Å². The largest absolute Gasteiger partial charge is 0.467 e. The quantitative estimate of drug-likeness (QED) is 0.484. The summed E-state index contributed by atoms with van der Waals surface area (Å²) in [7, 11) is 0. The van der Waals surface area contributed by atoms with Gasteiger partial charge in [0.15, 0.2) is 0 Å². The zero-order valence-corrected chi connectivity index (χ0v) is 14.8. The molecule has 0 atom stereocenters. The van der Waals surface area contributed by atoms with Crippen LogP contribution in [0.25, 0.3) is 9.88 Å². The first-order valence-electron chi connectivity index (χ1n) is 7.63. The summed E-state index contributed by atoms with van der Waals surface area (Å²) >= 11 is 3.08. The fourth-order valence-corrected chi connectivity index (χ4v) is 4.04. The zero-order valence-electron chi connectivity index (χ0n) is 13.1. The van der Waals surface area contributed by atoms with Crippen LogP contribution in [0.1, 0.15) is 22.0 Å². The Labute approximate surface area is 152 Å². The number of hydrogen-bond acceptors (Lipinski definition) is 6. The van der Waals surface area contributed by atoms with E-state index < -0.39 is 0 Å². The topological polar surface area (TPSA) is 59.5 Å². The van der Waals surface area contributed by atoms with Gasteiger partial charge < -0.3 is 13.7 Å². The normalized spacial score (nSPS) is 10.9. The van der Waals surface area contributed by atoms with Crippen molar-refractivity contribution in [2.24, 2.45) is 0 Å². The van der Waals surface area contributed by atoms with Gasteiger partial charge in [0.25, 0.3) is 5.91 Å². The van der Waals surface area contributed by atoms with E-state index in [-0.39, 0.29) is 5.91 Å². The van der Waals surface area contributed by atoms with Crippen molar-refractivity contribution in [3.63, 3.8) is 0 Å². The van der Waals surface area contributed by atoms with Crippen molar-refractivity contribution in [3.05, 3.63) is 76.9 Å². The number of furan rings is 2. The van der Waals surface area contributed by atoms with Gasteiger partial charge in [0.1, 0.15) is 22.2 Å². The number of nitrogens with zero attached hydrogens (tertiary/aromatic N) is 2. The molecule has 7 heteroatoms. The molecular formula is C18H14N2O3S2. The Balaban J connectivity index is 1.58. The molecule has 0 aromatic carbocycles. The first kappa shape index (κ1) is 15.9. The second-order valence-electron chi connectivity index (χ2n) is 5.34. The van der Waals surface area contributed by atoms with Gasteiger partial charge in [-0.2, -0.15) is 0 Å². The van der Waals surface area contributed by atoms with E-state index >= 15 is 0 Å². The molecule has 4 heterocycles. The molecule has 4 aromatic rings. The van der Waals surface area contributed by atoms with Crippen LogP contribution in [0.3, 0.4) is 0 Å². The Bertz CT molecular complexity index is 889. The first-order valence-corrected chi connectivity index (χ1v) is 9.39. The average molecular weight is 370 g/mol. The Morgan fingerprint density at radius 3 is 2.28 bits per heavy atom. The van der Waals surface area contributed by atoms with Crippen LogP contribution in [-0.4, -0.2) is 15.8 Å². The molecule has 0 saturated heterocycles. The van der Waals surface area contributed by atoms with Crippen LogP contribution in [0.5, 0.6) is 0 Å². The molecule has 0 N–H and O–H groups in total. The standard InChI is InChI=1S/C18H14N2O3S2/c21-18(15-12-25-17(19-15)16-6-3-9-24-16)20(10-13-4-1-7-22-13)11-14-5-2-8-23-14/h1-9,12H,10-11H2. The van der Waals surface area contributed by atoms with Crippen molar-refractivity contribution >= 4 is 28.6 Å². The number of carbonyl (C=O) groups is 1. The van der Waals surface area contributed by atoms with Crippen molar-refractivity contribution in [3.8, 4) is 9.88 Å². The fraction of sp³-hybridized carbons (Fsp3) is 0.111. The second kappa shape index (κ2) is 7.08. The summed E-state index contributed by atoms with van der Waals surface area (Å²) in [6.45, 7) is 0.719. The van der Waals surface area contributed by atoms with E-state index in [4.69, 9.17) is 8.83 Å². The zero-order chi connectivity index (χ0) is 17.1. The van der Waals surface area contributed by atoms with Crippen LogP contribution in [0, 0.1) is 0 Å². The van der Waals surface area contributed by atoms with Crippen molar-refractivity contribution in [2.75, 3.05) is 0 Å². The van der Waals surface area contributed by atoms with Crippen LogP contribution in [0.2, 0.25) is 0 Å². The Hall–Kier alpha value is -2.64. The molecule has 126 valence electrons. The van der Waals surface area contributed by atoms with Gasteiger partial charge in [-0.3, -0.25) is 4.79 Å². The summed E-state index contributed by atoms with van der Waals surface area (Å²) in [4.78, 5) is 20.2. The van der Waals surface area contributed by atoms with Gasteiger partial charge >= 0.3 is 0 Å². The summed E-state index contributed by atoms with van der Waals surface area (Å²) in [6, 6.07) is 11.3. The minimum atomic E-state index is -0.146. The molecule has 25 heavy (non-hydrogen) atoms. The summed E-state index contributed by atoms with van der Waals surface area (Å²) < 4.78 is 10.8. The van der Waals surface area contributed by atoms with E-state index in [0.29, 0.717) is 30.3 Å². The van der Waals surface area contributed by atoms with Crippen molar-refractivity contribution in [2.45, 2.75) is 13.1 Å². The molecule has 0 unspecified atom stereocenters. The summed E-state index contributed by atoms with van der Waals surface area (Å²) in [5.41, 5.74) is 0.437. The van der Waals surface area contributed by atoms with Gasteiger partial charge in [0.2, 0.25) is 0 Å². The SMILES string of the molecule is O=C(c1csc(-c2cccs2)n1)N(Cc1ccco1)Cc1ccco1. The Morgan fingerprint density at radius 1 is 1.00 bits per heavy atom. The van der Waals surface area contributed by atoms with E-state index in [1.807, 2.05) is 41.8 Å². The number of aromatic nitrogens is 1. The number of rotatable bonds is 6. The maximum absolute atomic E-state index is 13.0. The number of thiophene rings is 1. The summed E-state index contributed by atoms with van der Waals surface area (Å²) in [5, 5.41) is 4.65. The third-order valence-electron chi connectivity index (χ3n) is 3.60. The molecule has 0 saturated carbocycles. The van der Waals surface area contributed by atoms with Crippen LogP contribution in [-0.2, 0) is 13.1 Å². The molecule has 0 aliphatic carbocycles. The molecule has 4 aromatic heterocycles. The first-order chi connectivity index (χ1) is 12.3. The predicted octanol–water partition coefficient (Wildman–Crippen LogP) is 4.90. The lowest BCUT2D eigenvalue weighted by molar-refractivity contribution is 0.0700. The van der Waals surface area contributed by atoms with Gasteiger partial charge in [-0.15, -0.1) is 22.7 Å². The van der Waals surface area contributed by atoms with Gasteiger partial charge in [-0.1, -0.05) is 6.07 Å². The summed E-state index contributed by atoms with van der Waals surface area (Å²) in [5.74, 6) is 1.29. The van der Waals surface area contributed by atoms with Crippen LogP contribution in [0.4, 0.5) is 0 Å². The summed E-state index contributed by atoms with van der Waals surface area (Å²) in [6.07, 6.45) is 3.20. The highest BCUT2D eigenvalue weighted by Crippen LogP contribution is 2.28. The Morgan fingerprint density at radius 2 is 1.72 bits per heavy atom. The van der Waals surface area contributed by atoms with Gasteiger partial charge in [0.05, 0.1) is 30.5 Å². The van der Waals surface area contributed by atoms with Gasteiger partial charge in [0, 0.05) is 5.38 Å². The minimum absolute atomic E-state index is 0.146. The number of carbonyl (C=O) groups excluding carboxylic acids is 1. The molecule has 1 amide bonds. The lowest BCUT2D eigenvalue weighted by Crippen LogP contribution is -2.30. The fourth-order valence-electron chi connectivity index (χ4n) is 2.43. The molecule has 0 bridgehead atoms. The van der Waals surface area contributed by atoms with Crippen molar-refractivity contribution in [1.82, 2.24) is 9.88 Å². The maximum Gasteiger partial charge on any atom is 0.274 e. The number of amides is 1. The number of thiazole rings is 1. The van der Waals surface area contributed by atoms with Crippen molar-refractivity contribution < 1.29 is 13.6 Å². The molecule has 0 aliphatic rings. The van der Waals surface area contributed by atoms with Crippen LogP contribution < -0.4 is 0 Å². The van der Waals surface area contributed by atoms with E-state index in [9.17, 15) is 4.79 Å². The highest BCUT2D eigenvalue weighted by molar-refractivity contribution is 7.20. The number of hydrogen-bond donors (Lipinski definition) is 0. The Kier molecular flexibility index (Phi) is 4.49. The predicted molar refractivity (Wildman–Crippen MR) is 96.4 cm³/mol. The minimum Gasteiger partial charge on any atom is -0.467 e. The molecule has 0 radical (unpaired) electrons. The van der Waals surface area contributed by atoms with Gasteiger partial charge in [-0.25, -0.2) is 4.98 Å². The molecule has 0 spiro atoms. The lowest BCUT2D eigenvalue weighted by atomic mass is 10.3. The third kappa shape index (κ3) is 3.57. The highest BCUT2D eigenvalue weighted by Gasteiger charge is 2.22.